The highest BCUT2D eigenvalue weighted by atomic mass is 35.5. The quantitative estimate of drug-likeness (QED) is 0.598. The number of pyridine rings is 1. The van der Waals surface area contributed by atoms with Crippen LogP contribution in [0.2, 0.25) is 0 Å². The summed E-state index contributed by atoms with van der Waals surface area (Å²) in [6, 6.07) is 12.3. The van der Waals surface area contributed by atoms with E-state index < -0.39 is 0 Å². The number of para-hydroxylation sites is 1. The van der Waals surface area contributed by atoms with Gasteiger partial charge >= 0.3 is 0 Å². The molecular formula is C25H28ClN5O2. The van der Waals surface area contributed by atoms with E-state index in [0.29, 0.717) is 18.9 Å². The molecule has 1 aromatic carbocycles. The van der Waals surface area contributed by atoms with E-state index in [-0.39, 0.29) is 30.3 Å². The molecule has 0 aliphatic carbocycles. The number of carbonyl (C=O) groups is 2. The number of halogens is 1. The fourth-order valence-electron chi connectivity index (χ4n) is 4.70. The maximum Gasteiger partial charge on any atom is 0.246 e. The number of carbonyl (C=O) groups excluding carboxylic acids is 2. The monoisotopic (exact) mass is 465 g/mol. The molecule has 0 spiro atoms. The van der Waals surface area contributed by atoms with Crippen molar-refractivity contribution in [1.29, 1.82) is 0 Å². The Kier molecular flexibility index (Phi) is 6.54. The summed E-state index contributed by atoms with van der Waals surface area (Å²) in [7, 11) is 3.83. The number of aromatic nitrogens is 2. The van der Waals surface area contributed by atoms with Crippen molar-refractivity contribution < 1.29 is 9.59 Å². The van der Waals surface area contributed by atoms with Gasteiger partial charge in [-0.2, -0.15) is 0 Å². The van der Waals surface area contributed by atoms with Crippen molar-refractivity contribution in [2.45, 2.75) is 32.0 Å². The Morgan fingerprint density at radius 3 is 2.94 bits per heavy atom. The molecule has 3 aromatic rings. The largest absolute Gasteiger partial charge is 0.346 e. The summed E-state index contributed by atoms with van der Waals surface area (Å²) in [6.45, 7) is 2.15. The smallest absolute Gasteiger partial charge is 0.246 e. The van der Waals surface area contributed by atoms with Crippen molar-refractivity contribution in [2.75, 3.05) is 18.9 Å². The van der Waals surface area contributed by atoms with Gasteiger partial charge in [-0.1, -0.05) is 18.2 Å². The van der Waals surface area contributed by atoms with Crippen molar-refractivity contribution in [3.05, 3.63) is 65.5 Å². The molecule has 0 saturated carbocycles. The number of aryl methyl sites for hydroxylation is 1. The number of likely N-dealkylation sites (N-methyl/N-ethyl adjacent to an activating group) is 1. The predicted molar refractivity (Wildman–Crippen MR) is 132 cm³/mol. The lowest BCUT2D eigenvalue weighted by atomic mass is 10.1. The van der Waals surface area contributed by atoms with E-state index in [0.717, 1.165) is 41.7 Å². The zero-order chi connectivity index (χ0) is 22.2. The van der Waals surface area contributed by atoms with Gasteiger partial charge in [0.2, 0.25) is 11.8 Å². The van der Waals surface area contributed by atoms with Gasteiger partial charge in [0.15, 0.2) is 0 Å². The molecule has 1 N–H and O–H groups in total. The van der Waals surface area contributed by atoms with E-state index in [2.05, 4.69) is 38.0 Å². The van der Waals surface area contributed by atoms with Crippen LogP contribution in [-0.2, 0) is 29.7 Å². The SMILES string of the molecule is CN(Cc1cc2ccccc2n1C)C(=O)/C=C/c1cnc2c(c1)CN1CCC[C@@H]1C(=O)N2.Cl. The van der Waals surface area contributed by atoms with Crippen molar-refractivity contribution >= 4 is 47.0 Å². The highest BCUT2D eigenvalue weighted by molar-refractivity contribution is 5.96. The molecule has 0 unspecified atom stereocenters. The van der Waals surface area contributed by atoms with Crippen molar-refractivity contribution in [2.24, 2.45) is 7.05 Å². The van der Waals surface area contributed by atoms with Gasteiger partial charge in [-0.15, -0.1) is 12.4 Å². The van der Waals surface area contributed by atoms with Gasteiger partial charge in [0.1, 0.15) is 5.82 Å². The van der Waals surface area contributed by atoms with E-state index in [4.69, 9.17) is 0 Å². The Bertz CT molecular complexity index is 1230. The zero-order valence-corrected chi connectivity index (χ0v) is 19.6. The molecule has 1 fully saturated rings. The zero-order valence-electron chi connectivity index (χ0n) is 18.8. The third-order valence-corrected chi connectivity index (χ3v) is 6.51. The predicted octanol–water partition coefficient (Wildman–Crippen LogP) is 3.58. The fourth-order valence-corrected chi connectivity index (χ4v) is 4.70. The Balaban J connectivity index is 0.00000259. The Labute approximate surface area is 199 Å². The standard InChI is InChI=1S/C25H27N5O2.ClH/c1-28(16-20-13-18-6-3-4-7-21(18)29(20)2)23(31)10-9-17-12-19-15-30-11-5-8-22(30)25(32)27-24(19)26-14-17;/h3-4,6-7,9-10,12-14,22H,5,8,11,15-16H2,1-2H3,(H,26,27,32);1H/b10-9+;/t22-;/m1./s1. The van der Waals surface area contributed by atoms with Crippen LogP contribution in [-0.4, -0.2) is 50.8 Å². The number of rotatable bonds is 4. The number of hydrogen-bond donors (Lipinski definition) is 1. The number of hydrogen-bond acceptors (Lipinski definition) is 4. The molecule has 4 heterocycles. The molecule has 0 bridgehead atoms. The minimum absolute atomic E-state index is 0. The van der Waals surface area contributed by atoms with Crippen molar-refractivity contribution in [1.82, 2.24) is 19.4 Å². The second kappa shape index (κ2) is 9.37. The first-order valence-electron chi connectivity index (χ1n) is 11.0. The maximum absolute atomic E-state index is 12.7. The van der Waals surface area contributed by atoms with Gasteiger partial charge in [-0.05, 0) is 54.6 Å². The van der Waals surface area contributed by atoms with Gasteiger partial charge in [0, 0.05) is 49.7 Å². The highest BCUT2D eigenvalue weighted by Crippen LogP contribution is 2.28. The number of fused-ring (bicyclic) bond motifs is 3. The number of anilines is 1. The summed E-state index contributed by atoms with van der Waals surface area (Å²) < 4.78 is 2.12. The van der Waals surface area contributed by atoms with E-state index in [9.17, 15) is 9.59 Å². The van der Waals surface area contributed by atoms with Crippen LogP contribution in [0.3, 0.4) is 0 Å². The van der Waals surface area contributed by atoms with Crippen LogP contribution in [0.5, 0.6) is 0 Å². The molecule has 7 nitrogen and oxygen atoms in total. The van der Waals surface area contributed by atoms with Gasteiger partial charge in [-0.3, -0.25) is 14.5 Å². The van der Waals surface area contributed by atoms with Crippen LogP contribution in [0.25, 0.3) is 17.0 Å². The first kappa shape index (κ1) is 23.0. The Morgan fingerprint density at radius 2 is 2.12 bits per heavy atom. The summed E-state index contributed by atoms with van der Waals surface area (Å²) in [5.74, 6) is 0.584. The first-order valence-corrected chi connectivity index (χ1v) is 11.0. The summed E-state index contributed by atoms with van der Waals surface area (Å²) in [5, 5.41) is 4.13. The molecule has 172 valence electrons. The third kappa shape index (κ3) is 4.51. The molecule has 1 atom stereocenters. The summed E-state index contributed by atoms with van der Waals surface area (Å²) >= 11 is 0. The van der Waals surface area contributed by atoms with Crippen LogP contribution >= 0.6 is 12.4 Å². The first-order chi connectivity index (χ1) is 15.5. The molecule has 2 aliphatic heterocycles. The van der Waals surface area contributed by atoms with E-state index in [1.807, 2.05) is 32.3 Å². The maximum atomic E-state index is 12.7. The van der Waals surface area contributed by atoms with Gasteiger partial charge < -0.3 is 14.8 Å². The highest BCUT2D eigenvalue weighted by Gasteiger charge is 2.34. The van der Waals surface area contributed by atoms with Crippen LogP contribution in [0.1, 0.15) is 29.7 Å². The average molecular weight is 466 g/mol. The minimum Gasteiger partial charge on any atom is -0.346 e. The van der Waals surface area contributed by atoms with Crippen LogP contribution in [0, 0.1) is 0 Å². The lowest BCUT2D eigenvalue weighted by Crippen LogP contribution is -2.36. The summed E-state index contributed by atoms with van der Waals surface area (Å²) in [5.41, 5.74) is 4.07. The number of amides is 2. The Hall–Kier alpha value is -3.16. The van der Waals surface area contributed by atoms with Gasteiger partial charge in [0.25, 0.3) is 0 Å². The molecule has 5 rings (SSSR count). The third-order valence-electron chi connectivity index (χ3n) is 6.51. The van der Waals surface area contributed by atoms with Gasteiger partial charge in [0.05, 0.1) is 12.6 Å². The summed E-state index contributed by atoms with van der Waals surface area (Å²) in [6.07, 6.45) is 7.01. The number of nitrogens with one attached hydrogen (secondary N) is 1. The molecular weight excluding hydrogens is 438 g/mol. The van der Waals surface area contributed by atoms with E-state index >= 15 is 0 Å². The molecule has 8 heteroatoms. The van der Waals surface area contributed by atoms with Crippen molar-refractivity contribution in [3.8, 4) is 0 Å². The molecule has 0 radical (unpaired) electrons. The van der Waals surface area contributed by atoms with Crippen LogP contribution in [0.15, 0.2) is 48.7 Å². The molecule has 2 aliphatic rings. The van der Waals surface area contributed by atoms with Crippen LogP contribution in [0.4, 0.5) is 5.82 Å². The topological polar surface area (TPSA) is 70.5 Å². The Morgan fingerprint density at radius 1 is 1.30 bits per heavy atom. The summed E-state index contributed by atoms with van der Waals surface area (Å²) in [4.78, 5) is 33.5. The van der Waals surface area contributed by atoms with Crippen LogP contribution < -0.4 is 5.32 Å². The number of benzene rings is 1. The molecule has 2 aromatic heterocycles. The fraction of sp³-hybridized carbons (Fsp3) is 0.320. The van der Waals surface area contributed by atoms with Crippen molar-refractivity contribution in [3.63, 3.8) is 0 Å². The van der Waals surface area contributed by atoms with E-state index in [1.54, 1.807) is 23.2 Å². The lowest BCUT2D eigenvalue weighted by molar-refractivity contribution is -0.125. The molecule has 33 heavy (non-hydrogen) atoms. The molecule has 2 amide bonds. The second-order valence-corrected chi connectivity index (χ2v) is 8.68. The number of nitrogens with zero attached hydrogens (tertiary/aromatic N) is 4. The molecule has 1 saturated heterocycles. The normalized spacial score (nSPS) is 17.9. The van der Waals surface area contributed by atoms with E-state index in [1.165, 1.54) is 5.39 Å². The average Bonchev–Trinajstić information content (AvgIpc) is 3.35. The minimum atomic E-state index is -0.0712. The lowest BCUT2D eigenvalue weighted by Gasteiger charge is -2.19. The van der Waals surface area contributed by atoms with Gasteiger partial charge in [-0.25, -0.2) is 4.98 Å². The second-order valence-electron chi connectivity index (χ2n) is 8.68.